The van der Waals surface area contributed by atoms with E-state index in [9.17, 15) is 4.79 Å². The van der Waals surface area contributed by atoms with Crippen molar-refractivity contribution in [1.29, 1.82) is 0 Å². The van der Waals surface area contributed by atoms with Gasteiger partial charge in [-0.15, -0.1) is 11.3 Å². The van der Waals surface area contributed by atoms with Crippen molar-refractivity contribution in [2.45, 2.75) is 12.8 Å². The molecule has 1 N–H and O–H groups in total. The minimum atomic E-state index is 0.130. The summed E-state index contributed by atoms with van der Waals surface area (Å²) in [6, 6.07) is 4.01. The van der Waals surface area contributed by atoms with Crippen molar-refractivity contribution in [2.75, 3.05) is 26.7 Å². The summed E-state index contributed by atoms with van der Waals surface area (Å²) in [5.41, 5.74) is 0. The van der Waals surface area contributed by atoms with E-state index < -0.39 is 0 Å². The van der Waals surface area contributed by atoms with E-state index in [0.717, 1.165) is 34.7 Å². The Kier molecular flexibility index (Phi) is 5.60. The fourth-order valence-corrected chi connectivity index (χ4v) is 3.72. The smallest absolute Gasteiger partial charge is 0.246 e. The van der Waals surface area contributed by atoms with E-state index in [2.05, 4.69) is 21.2 Å². The average molecular weight is 343 g/mol. The molecule has 19 heavy (non-hydrogen) atoms. The number of nitrogens with zero attached hydrogens (tertiary/aromatic N) is 1. The normalized spacial score (nSPS) is 20.1. The van der Waals surface area contributed by atoms with E-state index in [1.54, 1.807) is 17.4 Å². The van der Waals surface area contributed by atoms with Crippen molar-refractivity contribution < 1.29 is 4.79 Å². The molecule has 1 unspecified atom stereocenters. The SMILES string of the molecule is CNCC1CCCN(C(=O)C=Cc2ccc(Br)s2)C1. The van der Waals surface area contributed by atoms with Crippen LogP contribution in [0.2, 0.25) is 0 Å². The summed E-state index contributed by atoms with van der Waals surface area (Å²) in [5, 5.41) is 3.20. The number of likely N-dealkylation sites (tertiary alicyclic amines) is 1. The molecule has 104 valence electrons. The van der Waals surface area contributed by atoms with Gasteiger partial charge in [-0.3, -0.25) is 4.79 Å². The molecule has 0 aliphatic carbocycles. The lowest BCUT2D eigenvalue weighted by Gasteiger charge is -2.32. The molecule has 1 fully saturated rings. The van der Waals surface area contributed by atoms with Crippen LogP contribution in [0.4, 0.5) is 0 Å². The van der Waals surface area contributed by atoms with E-state index in [4.69, 9.17) is 0 Å². The summed E-state index contributed by atoms with van der Waals surface area (Å²) in [7, 11) is 1.97. The summed E-state index contributed by atoms with van der Waals surface area (Å²) in [6.07, 6.45) is 5.92. The van der Waals surface area contributed by atoms with Crippen LogP contribution in [-0.4, -0.2) is 37.5 Å². The van der Waals surface area contributed by atoms with Gasteiger partial charge in [0.15, 0.2) is 0 Å². The molecule has 1 aliphatic heterocycles. The van der Waals surface area contributed by atoms with Gasteiger partial charge in [0.05, 0.1) is 3.79 Å². The molecule has 0 radical (unpaired) electrons. The van der Waals surface area contributed by atoms with Crippen molar-refractivity contribution >= 4 is 39.2 Å². The van der Waals surface area contributed by atoms with Gasteiger partial charge in [-0.2, -0.15) is 0 Å². The number of hydrogen-bond donors (Lipinski definition) is 1. The van der Waals surface area contributed by atoms with Gasteiger partial charge in [0.25, 0.3) is 0 Å². The molecule has 0 aromatic carbocycles. The first-order valence-electron chi connectivity index (χ1n) is 6.56. The molecule has 1 aliphatic rings. The molecule has 1 saturated heterocycles. The van der Waals surface area contributed by atoms with Crippen molar-refractivity contribution in [2.24, 2.45) is 5.92 Å². The van der Waals surface area contributed by atoms with Gasteiger partial charge < -0.3 is 10.2 Å². The van der Waals surface area contributed by atoms with Gasteiger partial charge in [0, 0.05) is 24.0 Å². The first-order valence-corrected chi connectivity index (χ1v) is 8.17. The molecule has 5 heteroatoms. The molecular formula is C14H19BrN2OS. The Bertz CT molecular complexity index is 456. The molecule has 3 nitrogen and oxygen atoms in total. The predicted molar refractivity (Wildman–Crippen MR) is 84.3 cm³/mol. The number of amides is 1. The number of thiophene rings is 1. The van der Waals surface area contributed by atoms with E-state index in [0.29, 0.717) is 5.92 Å². The van der Waals surface area contributed by atoms with Crippen LogP contribution in [0.15, 0.2) is 22.0 Å². The number of carbonyl (C=O) groups excluding carboxylic acids is 1. The summed E-state index contributed by atoms with van der Waals surface area (Å²) in [4.78, 5) is 15.2. The van der Waals surface area contributed by atoms with Gasteiger partial charge in [-0.1, -0.05) is 0 Å². The van der Waals surface area contributed by atoms with Crippen LogP contribution in [0, 0.1) is 5.92 Å². The van der Waals surface area contributed by atoms with Crippen LogP contribution in [0.5, 0.6) is 0 Å². The van der Waals surface area contributed by atoms with E-state index in [1.165, 1.54) is 6.42 Å². The molecule has 2 heterocycles. The fourth-order valence-electron chi connectivity index (χ4n) is 2.40. The maximum absolute atomic E-state index is 12.1. The van der Waals surface area contributed by atoms with Gasteiger partial charge in [-0.05, 0) is 66.5 Å². The quantitative estimate of drug-likeness (QED) is 0.853. The van der Waals surface area contributed by atoms with Crippen molar-refractivity contribution in [3.63, 3.8) is 0 Å². The lowest BCUT2D eigenvalue weighted by atomic mass is 9.98. The minimum absolute atomic E-state index is 0.130. The summed E-state index contributed by atoms with van der Waals surface area (Å²) in [6.45, 7) is 2.75. The van der Waals surface area contributed by atoms with Gasteiger partial charge in [0.1, 0.15) is 0 Å². The van der Waals surface area contributed by atoms with Crippen LogP contribution in [0.25, 0.3) is 6.08 Å². The van der Waals surface area contributed by atoms with Crippen LogP contribution < -0.4 is 5.32 Å². The second kappa shape index (κ2) is 7.22. The molecular weight excluding hydrogens is 324 g/mol. The average Bonchev–Trinajstić information content (AvgIpc) is 2.82. The van der Waals surface area contributed by atoms with E-state index in [-0.39, 0.29) is 5.91 Å². The lowest BCUT2D eigenvalue weighted by molar-refractivity contribution is -0.127. The molecule has 2 rings (SSSR count). The molecule has 0 spiro atoms. The Hall–Kier alpha value is -0.650. The summed E-state index contributed by atoms with van der Waals surface area (Å²) >= 11 is 5.06. The zero-order chi connectivity index (χ0) is 13.7. The second-order valence-electron chi connectivity index (χ2n) is 4.83. The third-order valence-electron chi connectivity index (χ3n) is 3.31. The number of halogens is 1. The highest BCUT2D eigenvalue weighted by atomic mass is 79.9. The second-order valence-corrected chi connectivity index (χ2v) is 7.32. The van der Waals surface area contributed by atoms with Crippen LogP contribution >= 0.6 is 27.3 Å². The molecule has 0 saturated carbocycles. The molecule has 1 atom stereocenters. The number of carbonyl (C=O) groups is 1. The van der Waals surface area contributed by atoms with Crippen molar-refractivity contribution in [3.05, 3.63) is 26.9 Å². The zero-order valence-corrected chi connectivity index (χ0v) is 13.5. The number of piperidine rings is 1. The van der Waals surface area contributed by atoms with Crippen molar-refractivity contribution in [3.8, 4) is 0 Å². The monoisotopic (exact) mass is 342 g/mol. The van der Waals surface area contributed by atoms with Crippen LogP contribution in [0.1, 0.15) is 17.7 Å². The number of rotatable bonds is 4. The van der Waals surface area contributed by atoms with Gasteiger partial charge >= 0.3 is 0 Å². The molecule has 1 amide bonds. The zero-order valence-electron chi connectivity index (χ0n) is 11.1. The standard InChI is InChI=1S/C14H19BrN2OS/c1-16-9-11-3-2-8-17(10-11)14(18)7-5-12-4-6-13(15)19-12/h4-7,11,16H,2-3,8-10H2,1H3. The maximum atomic E-state index is 12.1. The highest BCUT2D eigenvalue weighted by Crippen LogP contribution is 2.23. The third kappa shape index (κ3) is 4.44. The van der Waals surface area contributed by atoms with Gasteiger partial charge in [0.2, 0.25) is 5.91 Å². The molecule has 1 aromatic rings. The lowest BCUT2D eigenvalue weighted by Crippen LogP contribution is -2.41. The summed E-state index contributed by atoms with van der Waals surface area (Å²) in [5.74, 6) is 0.720. The Morgan fingerprint density at radius 1 is 1.63 bits per heavy atom. The van der Waals surface area contributed by atoms with Crippen molar-refractivity contribution in [1.82, 2.24) is 10.2 Å². The largest absolute Gasteiger partial charge is 0.339 e. The Morgan fingerprint density at radius 2 is 2.47 bits per heavy atom. The fraction of sp³-hybridized carbons (Fsp3) is 0.500. The first-order chi connectivity index (χ1) is 9.19. The van der Waals surface area contributed by atoms with Crippen LogP contribution in [-0.2, 0) is 4.79 Å². The van der Waals surface area contributed by atoms with E-state index >= 15 is 0 Å². The molecule has 1 aromatic heterocycles. The van der Waals surface area contributed by atoms with E-state index in [1.807, 2.05) is 30.2 Å². The van der Waals surface area contributed by atoms with Crippen LogP contribution in [0.3, 0.4) is 0 Å². The third-order valence-corrected chi connectivity index (χ3v) is 4.90. The number of nitrogens with one attached hydrogen (secondary N) is 1. The summed E-state index contributed by atoms with van der Waals surface area (Å²) < 4.78 is 1.09. The number of hydrogen-bond acceptors (Lipinski definition) is 3. The predicted octanol–water partition coefficient (Wildman–Crippen LogP) is 2.98. The Balaban J connectivity index is 1.90. The Labute approximate surface area is 126 Å². The molecule has 0 bridgehead atoms. The minimum Gasteiger partial charge on any atom is -0.339 e. The highest BCUT2D eigenvalue weighted by Gasteiger charge is 2.21. The first kappa shape index (κ1) is 14.8. The highest BCUT2D eigenvalue weighted by molar-refractivity contribution is 9.11. The topological polar surface area (TPSA) is 32.3 Å². The van der Waals surface area contributed by atoms with Gasteiger partial charge in [-0.25, -0.2) is 0 Å². The maximum Gasteiger partial charge on any atom is 0.246 e. The Morgan fingerprint density at radius 3 is 3.16 bits per heavy atom.